The number of rotatable bonds is 16. The maximum atomic E-state index is 13.1. The van der Waals surface area contributed by atoms with Gasteiger partial charge >= 0.3 is 18.2 Å². The summed E-state index contributed by atoms with van der Waals surface area (Å²) < 4.78 is 21.9. The Morgan fingerprint density at radius 1 is 0.983 bits per heavy atom. The van der Waals surface area contributed by atoms with Gasteiger partial charge in [-0.15, -0.1) is 11.3 Å². The number of ether oxygens (including phenoxy) is 4. The van der Waals surface area contributed by atoms with Crippen molar-refractivity contribution in [2.75, 3.05) is 37.7 Å². The molecule has 1 aliphatic heterocycles. The van der Waals surface area contributed by atoms with Crippen molar-refractivity contribution in [1.29, 1.82) is 5.26 Å². The van der Waals surface area contributed by atoms with Crippen LogP contribution in [0.2, 0.25) is 5.02 Å². The molecule has 0 bridgehead atoms. The van der Waals surface area contributed by atoms with Gasteiger partial charge < -0.3 is 34.5 Å². The van der Waals surface area contributed by atoms with E-state index in [2.05, 4.69) is 26.4 Å². The molecule has 0 aliphatic carbocycles. The summed E-state index contributed by atoms with van der Waals surface area (Å²) in [5, 5.41) is 19.7. The highest BCUT2D eigenvalue weighted by molar-refractivity contribution is 7.98. The SMILES string of the molecule is [C-]#[N+]c1c(N2CCC2)nc(SCc2csc(-c3ccc(Cl)cc3)n2)c(C#N)c1-c1ccc(OCCOC(=O)[C@H](CCCNC(=O)OC(C)(C)C)NC(=O)OC(C)(C)C)cc1. The minimum absolute atomic E-state index is 0.00664. The highest BCUT2D eigenvalue weighted by Crippen LogP contribution is 2.45. The topological polar surface area (TPSA) is 169 Å². The molecule has 1 saturated heterocycles. The molecule has 60 heavy (non-hydrogen) atoms. The molecule has 3 heterocycles. The predicted molar refractivity (Wildman–Crippen MR) is 233 cm³/mol. The maximum Gasteiger partial charge on any atom is 0.408 e. The number of alkyl carbamates (subject to hydrolysis) is 2. The van der Waals surface area contributed by atoms with Gasteiger partial charge in [0.15, 0.2) is 0 Å². The van der Waals surface area contributed by atoms with Gasteiger partial charge in [-0.05, 0) is 90.6 Å². The fourth-order valence-corrected chi connectivity index (χ4v) is 7.69. The molecular weight excluding hydrogens is 826 g/mol. The smallest absolute Gasteiger partial charge is 0.408 e. The fraction of sp³-hybridized carbons (Fsp3) is 0.419. The Kier molecular flexibility index (Phi) is 15.6. The van der Waals surface area contributed by atoms with Gasteiger partial charge in [-0.1, -0.05) is 47.6 Å². The lowest BCUT2D eigenvalue weighted by Gasteiger charge is -2.34. The van der Waals surface area contributed by atoms with E-state index >= 15 is 0 Å². The summed E-state index contributed by atoms with van der Waals surface area (Å²) in [5.74, 6) is 0.811. The second-order valence-corrected chi connectivity index (χ2v) is 17.9. The number of benzene rings is 2. The van der Waals surface area contributed by atoms with Gasteiger partial charge in [-0.2, -0.15) is 5.26 Å². The third-order valence-corrected chi connectivity index (χ3v) is 10.8. The average Bonchev–Trinajstić information content (AvgIpc) is 3.64. The number of nitriles is 1. The molecule has 1 atom stereocenters. The Bertz CT molecular complexity index is 2220. The van der Waals surface area contributed by atoms with Crippen LogP contribution in [0, 0.1) is 17.9 Å². The molecule has 2 aromatic heterocycles. The first-order valence-electron chi connectivity index (χ1n) is 19.3. The molecule has 1 aliphatic rings. The number of carbonyl (C=O) groups excluding carboxylic acids is 3. The van der Waals surface area contributed by atoms with Crippen LogP contribution in [-0.2, 0) is 24.8 Å². The first-order chi connectivity index (χ1) is 28.5. The van der Waals surface area contributed by atoms with Crippen LogP contribution in [0.3, 0.4) is 0 Å². The summed E-state index contributed by atoms with van der Waals surface area (Å²) in [7, 11) is 0. The number of thioether (sulfide) groups is 1. The molecule has 0 unspecified atom stereocenters. The third-order valence-electron chi connectivity index (χ3n) is 8.55. The standard InChI is InChI=1S/C43H48ClN7O7S2/c1-42(2,3)57-40(53)47-19-8-10-33(49-41(54)58-43(4,5)6)39(52)56-23-22-55-31-17-13-27(14-18-31)34-32(24-45)38(50-36(35(34)46-7)51-20-9-21-51)60-26-30-25-59-37(48-30)28-11-15-29(44)16-12-28/h11-18,25,33H,8-10,19-23,26H2,1-6H3,(H,47,53)(H,49,54)/t33-/m0/s1. The number of anilines is 1. The molecule has 14 nitrogen and oxygen atoms in total. The lowest BCUT2D eigenvalue weighted by molar-refractivity contribution is -0.147. The number of nitrogens with one attached hydrogen (secondary N) is 2. The molecule has 5 rings (SSSR count). The molecule has 316 valence electrons. The van der Waals surface area contributed by atoms with Crippen molar-refractivity contribution < 1.29 is 33.3 Å². The third kappa shape index (κ3) is 13.2. The number of hydrogen-bond donors (Lipinski definition) is 2. The van der Waals surface area contributed by atoms with Crippen molar-refractivity contribution in [2.45, 2.75) is 88.8 Å². The van der Waals surface area contributed by atoms with Crippen molar-refractivity contribution in [1.82, 2.24) is 20.6 Å². The van der Waals surface area contributed by atoms with Crippen molar-refractivity contribution in [2.24, 2.45) is 0 Å². The Labute approximate surface area is 363 Å². The van der Waals surface area contributed by atoms with Gasteiger partial charge in [0.05, 0.1) is 17.8 Å². The van der Waals surface area contributed by atoms with E-state index in [-0.39, 0.29) is 26.2 Å². The van der Waals surface area contributed by atoms with Crippen molar-refractivity contribution in [3.63, 3.8) is 0 Å². The van der Waals surface area contributed by atoms with Gasteiger partial charge in [-0.3, -0.25) is 0 Å². The fourth-order valence-electron chi connectivity index (χ4n) is 5.76. The van der Waals surface area contributed by atoms with Crippen LogP contribution in [-0.4, -0.2) is 78.2 Å². The lowest BCUT2D eigenvalue weighted by Crippen LogP contribution is -2.45. The Balaban J connectivity index is 1.23. The summed E-state index contributed by atoms with van der Waals surface area (Å²) in [4.78, 5) is 53.2. The van der Waals surface area contributed by atoms with E-state index in [0.29, 0.717) is 56.2 Å². The minimum Gasteiger partial charge on any atom is -0.490 e. The summed E-state index contributed by atoms with van der Waals surface area (Å²) in [6, 6.07) is 15.8. The number of esters is 1. The van der Waals surface area contributed by atoms with Gasteiger partial charge in [0.25, 0.3) is 0 Å². The van der Waals surface area contributed by atoms with Crippen molar-refractivity contribution in [3.8, 4) is 33.5 Å². The molecule has 0 spiro atoms. The zero-order valence-electron chi connectivity index (χ0n) is 34.4. The number of amides is 2. The van der Waals surface area contributed by atoms with Crippen LogP contribution in [0.5, 0.6) is 5.75 Å². The van der Waals surface area contributed by atoms with Crippen LogP contribution < -0.4 is 20.3 Å². The van der Waals surface area contributed by atoms with Crippen molar-refractivity contribution >= 4 is 64.4 Å². The van der Waals surface area contributed by atoms with Crippen LogP contribution in [0.4, 0.5) is 21.1 Å². The highest BCUT2D eigenvalue weighted by atomic mass is 35.5. The van der Waals surface area contributed by atoms with Crippen LogP contribution in [0.25, 0.3) is 26.5 Å². The molecule has 0 saturated carbocycles. The Morgan fingerprint density at radius 2 is 1.65 bits per heavy atom. The highest BCUT2D eigenvalue weighted by Gasteiger charge is 2.28. The van der Waals surface area contributed by atoms with Gasteiger partial charge in [0.1, 0.15) is 58.1 Å². The number of aromatic nitrogens is 2. The quantitative estimate of drug-likeness (QED) is 0.0360. The second kappa shape index (κ2) is 20.6. The Morgan fingerprint density at radius 3 is 2.27 bits per heavy atom. The monoisotopic (exact) mass is 873 g/mol. The van der Waals surface area contributed by atoms with E-state index < -0.39 is 35.4 Å². The van der Waals surface area contributed by atoms with Crippen molar-refractivity contribution in [3.05, 3.63) is 81.6 Å². The molecule has 2 aromatic carbocycles. The van der Waals surface area contributed by atoms with E-state index in [1.165, 1.54) is 23.1 Å². The molecule has 1 fully saturated rings. The molecule has 2 amide bonds. The molecule has 17 heteroatoms. The number of nitrogens with zero attached hydrogens (tertiary/aromatic N) is 5. The van der Waals surface area contributed by atoms with E-state index in [0.717, 1.165) is 35.8 Å². The van der Waals surface area contributed by atoms with E-state index in [4.69, 9.17) is 47.1 Å². The molecular formula is C43H48ClN7O7S2. The number of pyridine rings is 1. The summed E-state index contributed by atoms with van der Waals surface area (Å²) in [5.41, 5.74) is 2.14. The van der Waals surface area contributed by atoms with E-state index in [1.54, 1.807) is 65.8 Å². The zero-order chi connectivity index (χ0) is 43.5. The number of thiazole rings is 1. The summed E-state index contributed by atoms with van der Waals surface area (Å²) >= 11 is 9.00. The van der Waals surface area contributed by atoms with E-state index in [9.17, 15) is 19.6 Å². The van der Waals surface area contributed by atoms with Crippen LogP contribution in [0.15, 0.2) is 58.9 Å². The normalized spacial score (nSPS) is 12.9. The minimum atomic E-state index is -1.04. The number of halogens is 1. The van der Waals surface area contributed by atoms with E-state index in [1.807, 2.05) is 29.6 Å². The summed E-state index contributed by atoms with van der Waals surface area (Å²) in [6.07, 6.45) is 0.131. The largest absolute Gasteiger partial charge is 0.490 e. The summed E-state index contributed by atoms with van der Waals surface area (Å²) in [6.45, 7) is 20.2. The second-order valence-electron chi connectivity index (χ2n) is 15.7. The maximum absolute atomic E-state index is 13.1. The number of hydrogen-bond acceptors (Lipinski definition) is 13. The van der Waals surface area contributed by atoms with Crippen LogP contribution >= 0.6 is 34.7 Å². The Hall–Kier alpha value is -5.55. The first-order valence-corrected chi connectivity index (χ1v) is 21.6. The van der Waals surface area contributed by atoms with Gasteiger partial charge in [-0.25, -0.2) is 29.2 Å². The first kappa shape index (κ1) is 45.5. The average molecular weight is 874 g/mol. The molecule has 0 radical (unpaired) electrons. The van der Waals surface area contributed by atoms with Gasteiger partial charge in [0.2, 0.25) is 5.69 Å². The predicted octanol–water partition coefficient (Wildman–Crippen LogP) is 9.57. The molecule has 4 aromatic rings. The van der Waals surface area contributed by atoms with Crippen LogP contribution in [0.1, 0.15) is 72.1 Å². The zero-order valence-corrected chi connectivity index (χ0v) is 36.8. The lowest BCUT2D eigenvalue weighted by atomic mass is 9.99. The molecule has 2 N–H and O–H groups in total. The number of carbonyl (C=O) groups is 3. The van der Waals surface area contributed by atoms with Gasteiger partial charge in [0, 0.05) is 46.9 Å².